The Morgan fingerprint density at radius 1 is 0.842 bits per heavy atom. The summed E-state index contributed by atoms with van der Waals surface area (Å²) in [6, 6.07) is 17.8. The number of H-pyrrole nitrogens is 1. The number of aromatic nitrogens is 1. The SMILES string of the molecule is COc1ccc(CN(Cc2cc3cc(OC)c(OC)cc3[nH]c2=O)S(=O)(=O)c2ccc(C(C)=O)cc2)cc1. The normalized spacial score (nSPS) is 11.5. The molecule has 0 fully saturated rings. The third kappa shape index (κ3) is 5.56. The van der Waals surface area contributed by atoms with E-state index in [-0.39, 0.29) is 29.3 Å². The van der Waals surface area contributed by atoms with Crippen molar-refractivity contribution in [1.29, 1.82) is 0 Å². The fraction of sp³-hybridized carbons (Fsp3) is 0.214. The van der Waals surface area contributed by atoms with Gasteiger partial charge in [0.2, 0.25) is 10.0 Å². The lowest BCUT2D eigenvalue weighted by molar-refractivity contribution is 0.101. The summed E-state index contributed by atoms with van der Waals surface area (Å²) in [7, 11) is 0.505. The van der Waals surface area contributed by atoms with Crippen molar-refractivity contribution in [3.63, 3.8) is 0 Å². The molecule has 4 rings (SSSR count). The fourth-order valence-corrected chi connectivity index (χ4v) is 5.46. The maximum absolute atomic E-state index is 13.8. The molecule has 3 aromatic carbocycles. The van der Waals surface area contributed by atoms with E-state index in [4.69, 9.17) is 14.2 Å². The first kappa shape index (κ1) is 26.9. The van der Waals surface area contributed by atoms with Gasteiger partial charge in [0, 0.05) is 35.7 Å². The van der Waals surface area contributed by atoms with Gasteiger partial charge in [0.1, 0.15) is 5.75 Å². The van der Waals surface area contributed by atoms with E-state index in [9.17, 15) is 18.0 Å². The largest absolute Gasteiger partial charge is 0.497 e. The molecule has 0 saturated heterocycles. The zero-order chi connectivity index (χ0) is 27.4. The molecular weight excluding hydrogens is 508 g/mol. The van der Waals surface area contributed by atoms with Gasteiger partial charge in [-0.25, -0.2) is 8.42 Å². The number of sulfonamides is 1. The molecule has 4 aromatic rings. The third-order valence-electron chi connectivity index (χ3n) is 6.19. The Labute approximate surface area is 220 Å². The summed E-state index contributed by atoms with van der Waals surface area (Å²) in [6.07, 6.45) is 0. The van der Waals surface area contributed by atoms with Gasteiger partial charge in [-0.05, 0) is 48.9 Å². The number of hydrogen-bond acceptors (Lipinski definition) is 7. The molecule has 9 nitrogen and oxygen atoms in total. The van der Waals surface area contributed by atoms with E-state index in [1.54, 1.807) is 49.6 Å². The average molecular weight is 537 g/mol. The standard InChI is InChI=1S/C28H28N2O7S/c1-18(31)20-7-11-24(12-8-20)38(33,34)30(16-19-5-9-23(35-2)10-6-19)17-22-13-21-14-26(36-3)27(37-4)15-25(21)29-28(22)32/h5-15H,16-17H2,1-4H3,(H,29,32). The van der Waals surface area contributed by atoms with Gasteiger partial charge in [-0.15, -0.1) is 0 Å². The molecule has 1 N–H and O–H groups in total. The lowest BCUT2D eigenvalue weighted by Crippen LogP contribution is -2.32. The lowest BCUT2D eigenvalue weighted by Gasteiger charge is -2.23. The van der Waals surface area contributed by atoms with E-state index in [0.717, 1.165) is 0 Å². The highest BCUT2D eigenvalue weighted by Crippen LogP contribution is 2.31. The molecule has 0 aliphatic carbocycles. The minimum absolute atomic E-state index is 0.00416. The van der Waals surface area contributed by atoms with Gasteiger partial charge in [-0.2, -0.15) is 4.31 Å². The summed E-state index contributed by atoms with van der Waals surface area (Å²) >= 11 is 0. The minimum atomic E-state index is -4.06. The van der Waals surface area contributed by atoms with E-state index in [1.807, 2.05) is 0 Å². The van der Waals surface area contributed by atoms with Crippen LogP contribution in [-0.2, 0) is 23.1 Å². The van der Waals surface area contributed by atoms with Crippen LogP contribution in [0, 0.1) is 0 Å². The van der Waals surface area contributed by atoms with Crippen molar-refractivity contribution in [1.82, 2.24) is 9.29 Å². The summed E-state index contributed by atoms with van der Waals surface area (Å²) in [5.74, 6) is 1.41. The Kier molecular flexibility index (Phi) is 7.84. The molecule has 0 spiro atoms. The second-order valence-electron chi connectivity index (χ2n) is 8.62. The van der Waals surface area contributed by atoms with Crippen LogP contribution in [-0.4, -0.2) is 44.8 Å². The number of rotatable bonds is 10. The summed E-state index contributed by atoms with van der Waals surface area (Å²) < 4.78 is 44.7. The van der Waals surface area contributed by atoms with Crippen LogP contribution in [0.3, 0.4) is 0 Å². The molecule has 0 amide bonds. The predicted octanol–water partition coefficient (Wildman–Crippen LogP) is 4.15. The molecule has 0 aliphatic heterocycles. The molecule has 10 heteroatoms. The third-order valence-corrected chi connectivity index (χ3v) is 7.99. The first-order chi connectivity index (χ1) is 18.2. The summed E-state index contributed by atoms with van der Waals surface area (Å²) in [5, 5.41) is 0.657. The van der Waals surface area contributed by atoms with Gasteiger partial charge in [-0.1, -0.05) is 24.3 Å². The Bertz CT molecular complexity index is 1630. The highest BCUT2D eigenvalue weighted by Gasteiger charge is 2.26. The monoisotopic (exact) mass is 536 g/mol. The smallest absolute Gasteiger partial charge is 0.252 e. The van der Waals surface area contributed by atoms with E-state index < -0.39 is 15.6 Å². The van der Waals surface area contributed by atoms with Crippen molar-refractivity contribution in [3.05, 3.63) is 93.8 Å². The summed E-state index contributed by atoms with van der Waals surface area (Å²) in [4.78, 5) is 27.5. The van der Waals surface area contributed by atoms with E-state index >= 15 is 0 Å². The quantitative estimate of drug-likeness (QED) is 0.303. The summed E-state index contributed by atoms with van der Waals surface area (Å²) in [5.41, 5.74) is 1.47. The Morgan fingerprint density at radius 3 is 2.05 bits per heavy atom. The van der Waals surface area contributed by atoms with Gasteiger partial charge in [-0.3, -0.25) is 9.59 Å². The number of carbonyl (C=O) groups excluding carboxylic acids is 1. The van der Waals surface area contributed by atoms with Gasteiger partial charge in [0.15, 0.2) is 17.3 Å². The van der Waals surface area contributed by atoms with Crippen LogP contribution < -0.4 is 19.8 Å². The number of methoxy groups -OCH3 is 3. The number of nitrogens with one attached hydrogen (secondary N) is 1. The van der Waals surface area contributed by atoms with Crippen molar-refractivity contribution in [2.24, 2.45) is 0 Å². The van der Waals surface area contributed by atoms with Crippen LogP contribution in [0.15, 0.2) is 76.4 Å². The highest BCUT2D eigenvalue weighted by molar-refractivity contribution is 7.89. The van der Waals surface area contributed by atoms with Crippen LogP contribution in [0.4, 0.5) is 0 Å². The number of Topliss-reactive ketones (excluding diaryl/α,β-unsaturated/α-hetero) is 1. The number of hydrogen-bond donors (Lipinski definition) is 1. The van der Waals surface area contributed by atoms with Crippen LogP contribution in [0.2, 0.25) is 0 Å². The second kappa shape index (κ2) is 11.1. The molecule has 1 heterocycles. The molecule has 0 bridgehead atoms. The van der Waals surface area contributed by atoms with Crippen molar-refractivity contribution in [2.75, 3.05) is 21.3 Å². The first-order valence-electron chi connectivity index (χ1n) is 11.7. The molecule has 0 aliphatic rings. The van der Waals surface area contributed by atoms with Crippen LogP contribution >= 0.6 is 0 Å². The summed E-state index contributed by atoms with van der Waals surface area (Å²) in [6.45, 7) is 1.22. The average Bonchev–Trinajstić information content (AvgIpc) is 2.92. The van der Waals surface area contributed by atoms with E-state index in [0.29, 0.717) is 39.3 Å². The molecule has 198 valence electrons. The fourth-order valence-electron chi connectivity index (χ4n) is 4.06. The maximum Gasteiger partial charge on any atom is 0.252 e. The molecule has 0 unspecified atom stereocenters. The molecule has 0 atom stereocenters. The highest BCUT2D eigenvalue weighted by atomic mass is 32.2. The first-order valence-corrected chi connectivity index (χ1v) is 13.1. The van der Waals surface area contributed by atoms with Crippen LogP contribution in [0.25, 0.3) is 10.9 Å². The Balaban J connectivity index is 1.77. The molecule has 0 radical (unpaired) electrons. The molecular formula is C28H28N2O7S. The number of ether oxygens (including phenoxy) is 3. The van der Waals surface area contributed by atoms with Crippen molar-refractivity contribution >= 4 is 26.7 Å². The number of carbonyl (C=O) groups is 1. The molecule has 1 aromatic heterocycles. The van der Waals surface area contributed by atoms with Crippen molar-refractivity contribution < 1.29 is 27.4 Å². The number of benzene rings is 3. The van der Waals surface area contributed by atoms with Gasteiger partial charge >= 0.3 is 0 Å². The van der Waals surface area contributed by atoms with E-state index in [2.05, 4.69) is 4.98 Å². The number of aromatic amines is 1. The van der Waals surface area contributed by atoms with Gasteiger partial charge < -0.3 is 19.2 Å². The lowest BCUT2D eigenvalue weighted by atomic mass is 10.1. The Morgan fingerprint density at radius 2 is 1.47 bits per heavy atom. The number of ketones is 1. The van der Waals surface area contributed by atoms with Gasteiger partial charge in [0.05, 0.1) is 31.7 Å². The topological polar surface area (TPSA) is 115 Å². The Hall–Kier alpha value is -4.15. The van der Waals surface area contributed by atoms with Gasteiger partial charge in [0.25, 0.3) is 5.56 Å². The number of nitrogens with zero attached hydrogens (tertiary/aromatic N) is 1. The van der Waals surface area contributed by atoms with Crippen molar-refractivity contribution in [2.45, 2.75) is 24.9 Å². The second-order valence-corrected chi connectivity index (χ2v) is 10.6. The van der Waals surface area contributed by atoms with Crippen LogP contribution in [0.5, 0.6) is 17.2 Å². The predicted molar refractivity (Wildman–Crippen MR) is 144 cm³/mol. The molecule has 38 heavy (non-hydrogen) atoms. The van der Waals surface area contributed by atoms with E-state index in [1.165, 1.54) is 49.7 Å². The number of pyridine rings is 1. The zero-order valence-corrected chi connectivity index (χ0v) is 22.3. The minimum Gasteiger partial charge on any atom is -0.497 e. The van der Waals surface area contributed by atoms with Crippen molar-refractivity contribution in [3.8, 4) is 17.2 Å². The molecule has 0 saturated carbocycles. The zero-order valence-electron chi connectivity index (χ0n) is 21.5. The number of fused-ring (bicyclic) bond motifs is 1. The van der Waals surface area contributed by atoms with Crippen LogP contribution in [0.1, 0.15) is 28.4 Å². The maximum atomic E-state index is 13.8.